The van der Waals surface area contributed by atoms with Crippen LogP contribution in [-0.2, 0) is 6.54 Å². The molecule has 0 amide bonds. The van der Waals surface area contributed by atoms with E-state index in [0.29, 0.717) is 12.5 Å². The van der Waals surface area contributed by atoms with Crippen molar-refractivity contribution in [3.8, 4) is 0 Å². The summed E-state index contributed by atoms with van der Waals surface area (Å²) in [4.78, 5) is 6.64. The monoisotopic (exact) mass is 199 g/mol. The zero-order chi connectivity index (χ0) is 9.84. The molecule has 0 saturated heterocycles. The molecule has 1 atom stereocenters. The maximum absolute atomic E-state index is 5.57. The van der Waals surface area contributed by atoms with Crippen molar-refractivity contribution in [2.75, 3.05) is 20.6 Å². The summed E-state index contributed by atoms with van der Waals surface area (Å²) in [5, 5.41) is 3.27. The van der Waals surface area contributed by atoms with Crippen LogP contribution in [0.25, 0.3) is 0 Å². The molecule has 13 heavy (non-hydrogen) atoms. The van der Waals surface area contributed by atoms with E-state index in [0.717, 1.165) is 12.2 Å². The van der Waals surface area contributed by atoms with Gasteiger partial charge >= 0.3 is 0 Å². The van der Waals surface area contributed by atoms with Crippen molar-refractivity contribution in [1.82, 2.24) is 9.88 Å². The number of rotatable bonds is 4. The second-order valence-electron chi connectivity index (χ2n) is 3.54. The van der Waals surface area contributed by atoms with Gasteiger partial charge < -0.3 is 10.6 Å². The number of nitrogens with two attached hydrogens (primary N) is 1. The maximum Gasteiger partial charge on any atom is 0.107 e. The Kier molecular flexibility index (Phi) is 3.84. The SMILES string of the molecule is CC(CN)c1csc(CN(C)C)n1. The van der Waals surface area contributed by atoms with Gasteiger partial charge in [0, 0.05) is 24.4 Å². The highest BCUT2D eigenvalue weighted by molar-refractivity contribution is 7.09. The van der Waals surface area contributed by atoms with Crippen LogP contribution < -0.4 is 5.73 Å². The Hall–Kier alpha value is -0.450. The second-order valence-corrected chi connectivity index (χ2v) is 4.48. The molecular weight excluding hydrogens is 182 g/mol. The van der Waals surface area contributed by atoms with E-state index in [1.54, 1.807) is 11.3 Å². The number of hydrogen-bond acceptors (Lipinski definition) is 4. The van der Waals surface area contributed by atoms with E-state index in [4.69, 9.17) is 5.73 Å². The largest absolute Gasteiger partial charge is 0.330 e. The molecule has 0 aromatic carbocycles. The molecule has 4 heteroatoms. The predicted molar refractivity (Wildman–Crippen MR) is 57.0 cm³/mol. The van der Waals surface area contributed by atoms with Gasteiger partial charge in [0.15, 0.2) is 0 Å². The Morgan fingerprint density at radius 1 is 1.62 bits per heavy atom. The summed E-state index contributed by atoms with van der Waals surface area (Å²) in [6.07, 6.45) is 0. The van der Waals surface area contributed by atoms with Crippen molar-refractivity contribution in [3.05, 3.63) is 16.1 Å². The Labute approximate surface area is 83.6 Å². The molecule has 74 valence electrons. The average molecular weight is 199 g/mol. The molecule has 1 aromatic rings. The first kappa shape index (κ1) is 10.6. The molecule has 0 aliphatic rings. The molecule has 0 bridgehead atoms. The zero-order valence-corrected chi connectivity index (χ0v) is 9.27. The summed E-state index contributed by atoms with van der Waals surface area (Å²) in [5.41, 5.74) is 6.70. The van der Waals surface area contributed by atoms with Crippen LogP contribution in [0.5, 0.6) is 0 Å². The van der Waals surface area contributed by atoms with E-state index in [1.165, 1.54) is 5.01 Å². The van der Waals surface area contributed by atoms with Crippen LogP contribution in [-0.4, -0.2) is 30.5 Å². The zero-order valence-electron chi connectivity index (χ0n) is 8.45. The summed E-state index contributed by atoms with van der Waals surface area (Å²) < 4.78 is 0. The minimum atomic E-state index is 0.382. The van der Waals surface area contributed by atoms with Gasteiger partial charge in [0.25, 0.3) is 0 Å². The molecule has 0 aliphatic heterocycles. The van der Waals surface area contributed by atoms with Gasteiger partial charge in [-0.3, -0.25) is 0 Å². The molecule has 1 rings (SSSR count). The summed E-state index contributed by atoms with van der Waals surface area (Å²) >= 11 is 1.71. The summed E-state index contributed by atoms with van der Waals surface area (Å²) in [6.45, 7) is 3.70. The van der Waals surface area contributed by atoms with Gasteiger partial charge in [-0.1, -0.05) is 6.92 Å². The van der Waals surface area contributed by atoms with Crippen molar-refractivity contribution in [2.45, 2.75) is 19.4 Å². The third-order valence-corrected chi connectivity index (χ3v) is 2.73. The quantitative estimate of drug-likeness (QED) is 0.794. The molecule has 0 fully saturated rings. The van der Waals surface area contributed by atoms with Crippen molar-refractivity contribution < 1.29 is 0 Å². The molecule has 1 heterocycles. The molecular formula is C9H17N3S. The summed E-state index contributed by atoms with van der Waals surface area (Å²) in [7, 11) is 4.10. The number of thiazole rings is 1. The van der Waals surface area contributed by atoms with Gasteiger partial charge in [0.1, 0.15) is 5.01 Å². The lowest BCUT2D eigenvalue weighted by Crippen LogP contribution is -2.12. The molecule has 2 N–H and O–H groups in total. The molecule has 1 unspecified atom stereocenters. The Morgan fingerprint density at radius 3 is 2.85 bits per heavy atom. The van der Waals surface area contributed by atoms with Crippen molar-refractivity contribution >= 4 is 11.3 Å². The van der Waals surface area contributed by atoms with Crippen LogP contribution in [0.4, 0.5) is 0 Å². The van der Waals surface area contributed by atoms with E-state index in [9.17, 15) is 0 Å². The molecule has 3 nitrogen and oxygen atoms in total. The van der Waals surface area contributed by atoms with Crippen LogP contribution in [0.3, 0.4) is 0 Å². The predicted octanol–water partition coefficient (Wildman–Crippen LogP) is 1.27. The van der Waals surface area contributed by atoms with Gasteiger partial charge in [-0.05, 0) is 14.1 Å². The highest BCUT2D eigenvalue weighted by atomic mass is 32.1. The summed E-state index contributed by atoms with van der Waals surface area (Å²) in [5.74, 6) is 0.382. The Morgan fingerprint density at radius 2 is 2.31 bits per heavy atom. The first-order chi connectivity index (χ1) is 6.13. The molecule has 0 radical (unpaired) electrons. The van der Waals surface area contributed by atoms with E-state index in [1.807, 2.05) is 14.1 Å². The smallest absolute Gasteiger partial charge is 0.107 e. The van der Waals surface area contributed by atoms with Crippen LogP contribution in [0, 0.1) is 0 Å². The van der Waals surface area contributed by atoms with Crippen molar-refractivity contribution in [2.24, 2.45) is 5.73 Å². The minimum absolute atomic E-state index is 0.382. The summed E-state index contributed by atoms with van der Waals surface area (Å²) in [6, 6.07) is 0. The third kappa shape index (κ3) is 3.06. The fourth-order valence-corrected chi connectivity index (χ4v) is 2.05. The lowest BCUT2D eigenvalue weighted by Gasteiger charge is -2.06. The van der Waals surface area contributed by atoms with E-state index >= 15 is 0 Å². The highest BCUT2D eigenvalue weighted by Crippen LogP contribution is 2.17. The first-order valence-corrected chi connectivity index (χ1v) is 5.30. The lowest BCUT2D eigenvalue weighted by molar-refractivity contribution is 0.401. The van der Waals surface area contributed by atoms with Crippen LogP contribution in [0.2, 0.25) is 0 Å². The first-order valence-electron chi connectivity index (χ1n) is 4.42. The fourth-order valence-electron chi connectivity index (χ4n) is 1.02. The molecule has 0 saturated carbocycles. The van der Waals surface area contributed by atoms with Gasteiger partial charge in [-0.2, -0.15) is 0 Å². The minimum Gasteiger partial charge on any atom is -0.330 e. The number of aromatic nitrogens is 1. The van der Waals surface area contributed by atoms with Gasteiger partial charge in [0.2, 0.25) is 0 Å². The number of hydrogen-bond donors (Lipinski definition) is 1. The third-order valence-electron chi connectivity index (χ3n) is 1.88. The standard InChI is InChI=1S/C9H17N3S/c1-7(4-10)8-6-13-9(11-8)5-12(2)3/h6-7H,4-5,10H2,1-3H3. The van der Waals surface area contributed by atoms with E-state index in [-0.39, 0.29) is 0 Å². The van der Waals surface area contributed by atoms with Gasteiger partial charge in [0.05, 0.1) is 5.69 Å². The number of nitrogens with zero attached hydrogens (tertiary/aromatic N) is 2. The van der Waals surface area contributed by atoms with Gasteiger partial charge in [-0.25, -0.2) is 4.98 Å². The topological polar surface area (TPSA) is 42.1 Å². The van der Waals surface area contributed by atoms with Gasteiger partial charge in [-0.15, -0.1) is 11.3 Å². The second kappa shape index (κ2) is 4.69. The molecule has 0 spiro atoms. The molecule has 0 aliphatic carbocycles. The normalized spacial score (nSPS) is 13.6. The fraction of sp³-hybridized carbons (Fsp3) is 0.667. The van der Waals surface area contributed by atoms with Crippen molar-refractivity contribution in [3.63, 3.8) is 0 Å². The van der Waals surface area contributed by atoms with Crippen LogP contribution in [0.1, 0.15) is 23.5 Å². The Balaban J connectivity index is 2.63. The highest BCUT2D eigenvalue weighted by Gasteiger charge is 2.08. The van der Waals surface area contributed by atoms with Crippen LogP contribution >= 0.6 is 11.3 Å². The van der Waals surface area contributed by atoms with Crippen molar-refractivity contribution in [1.29, 1.82) is 0 Å². The maximum atomic E-state index is 5.57. The average Bonchev–Trinajstić information content (AvgIpc) is 2.50. The lowest BCUT2D eigenvalue weighted by atomic mass is 10.1. The van der Waals surface area contributed by atoms with Crippen LogP contribution in [0.15, 0.2) is 5.38 Å². The van der Waals surface area contributed by atoms with E-state index in [2.05, 4.69) is 22.2 Å². The van der Waals surface area contributed by atoms with E-state index < -0.39 is 0 Å². The Bertz CT molecular complexity index is 257. The molecule has 1 aromatic heterocycles.